The zero-order chi connectivity index (χ0) is 10.1. The Hall–Kier alpha value is -0.915. The van der Waals surface area contributed by atoms with Gasteiger partial charge >= 0.3 is 7.12 Å². The monoisotopic (exact) mass is 201 g/mol. The zero-order valence-corrected chi connectivity index (χ0v) is 7.69. The summed E-state index contributed by atoms with van der Waals surface area (Å²) in [7, 11) is -5.33. The highest BCUT2D eigenvalue weighted by atomic mass is 32.2. The molecule has 0 aliphatic carbocycles. The van der Waals surface area contributed by atoms with Gasteiger partial charge in [-0.1, -0.05) is 6.07 Å². The zero-order valence-electron chi connectivity index (χ0n) is 6.88. The molecule has 0 saturated carbocycles. The van der Waals surface area contributed by atoms with Gasteiger partial charge in [0.1, 0.15) is 0 Å². The molecular formula is C6H8BNO4S. The van der Waals surface area contributed by atoms with Crippen LogP contribution in [0.15, 0.2) is 23.4 Å². The third-order valence-electron chi connectivity index (χ3n) is 1.43. The normalized spacial score (nSPS) is 11.3. The highest BCUT2D eigenvalue weighted by Gasteiger charge is 2.22. The van der Waals surface area contributed by atoms with E-state index in [1.54, 1.807) is 0 Å². The summed E-state index contributed by atoms with van der Waals surface area (Å²) in [6.07, 6.45) is 2.24. The Balaban J connectivity index is 3.37. The number of sulfone groups is 1. The molecule has 0 amide bonds. The quantitative estimate of drug-likeness (QED) is 0.549. The molecule has 13 heavy (non-hydrogen) atoms. The van der Waals surface area contributed by atoms with Crippen LogP contribution in [0.3, 0.4) is 0 Å². The lowest BCUT2D eigenvalue weighted by Gasteiger charge is -2.04. The molecule has 0 bridgehead atoms. The van der Waals surface area contributed by atoms with Crippen LogP contribution >= 0.6 is 0 Å². The standard InChI is InChI=1S/C6H8BNO4S/c1-13(11,12)6-5(7(9)10)3-2-4-8-6/h2-4,9-10H,1H3. The van der Waals surface area contributed by atoms with Crippen LogP contribution in [0.1, 0.15) is 0 Å². The Kier molecular flexibility index (Phi) is 2.70. The fraction of sp³-hybridized carbons (Fsp3) is 0.167. The van der Waals surface area contributed by atoms with Crippen molar-refractivity contribution in [2.24, 2.45) is 0 Å². The van der Waals surface area contributed by atoms with Gasteiger partial charge in [-0.25, -0.2) is 13.4 Å². The SMILES string of the molecule is CS(=O)(=O)c1ncccc1B(O)O. The van der Waals surface area contributed by atoms with Crippen LogP contribution in [-0.4, -0.2) is 36.8 Å². The highest BCUT2D eigenvalue weighted by molar-refractivity contribution is 7.90. The van der Waals surface area contributed by atoms with E-state index >= 15 is 0 Å². The number of aromatic nitrogens is 1. The first kappa shape index (κ1) is 10.2. The van der Waals surface area contributed by atoms with Gasteiger partial charge in [-0.15, -0.1) is 0 Å². The first-order valence-corrected chi connectivity index (χ1v) is 5.33. The summed E-state index contributed by atoms with van der Waals surface area (Å²) in [5, 5.41) is 17.3. The second-order valence-electron chi connectivity index (χ2n) is 2.54. The van der Waals surface area contributed by atoms with Gasteiger partial charge < -0.3 is 10.0 Å². The molecular weight excluding hydrogens is 193 g/mol. The van der Waals surface area contributed by atoms with Crippen molar-refractivity contribution in [2.75, 3.05) is 6.26 Å². The molecule has 1 heterocycles. The molecule has 2 N–H and O–H groups in total. The molecule has 0 atom stereocenters. The average Bonchev–Trinajstić information content (AvgIpc) is 2.03. The maximum absolute atomic E-state index is 11.1. The molecule has 1 aromatic rings. The van der Waals surface area contributed by atoms with E-state index in [4.69, 9.17) is 10.0 Å². The molecule has 7 heteroatoms. The Labute approximate surface area is 76.1 Å². The summed E-state index contributed by atoms with van der Waals surface area (Å²) in [6, 6.07) is 2.73. The number of hydrogen-bond acceptors (Lipinski definition) is 5. The Morgan fingerprint density at radius 3 is 2.46 bits per heavy atom. The van der Waals surface area contributed by atoms with Crippen LogP contribution in [-0.2, 0) is 9.84 Å². The highest BCUT2D eigenvalue weighted by Crippen LogP contribution is 2.00. The molecule has 5 nitrogen and oxygen atoms in total. The van der Waals surface area contributed by atoms with Gasteiger partial charge in [0.15, 0.2) is 14.9 Å². The van der Waals surface area contributed by atoms with Crippen LogP contribution < -0.4 is 5.46 Å². The minimum atomic E-state index is -3.51. The largest absolute Gasteiger partial charge is 0.491 e. The van der Waals surface area contributed by atoms with Crippen molar-refractivity contribution in [3.63, 3.8) is 0 Å². The average molecular weight is 201 g/mol. The topological polar surface area (TPSA) is 87.5 Å². The van der Waals surface area contributed by atoms with E-state index in [1.165, 1.54) is 18.3 Å². The van der Waals surface area contributed by atoms with E-state index in [1.807, 2.05) is 0 Å². The van der Waals surface area contributed by atoms with Crippen LogP contribution in [0.4, 0.5) is 0 Å². The molecule has 1 rings (SSSR count). The van der Waals surface area contributed by atoms with Crippen LogP contribution in [0.2, 0.25) is 0 Å². The molecule has 0 fully saturated rings. The van der Waals surface area contributed by atoms with Crippen molar-refractivity contribution in [1.82, 2.24) is 4.98 Å². The lowest BCUT2D eigenvalue weighted by molar-refractivity contribution is 0.424. The third kappa shape index (κ3) is 2.27. The molecule has 0 spiro atoms. The van der Waals surface area contributed by atoms with Gasteiger partial charge in [0.05, 0.1) is 0 Å². The third-order valence-corrected chi connectivity index (χ3v) is 2.47. The Bertz CT molecular complexity index is 403. The predicted octanol–water partition coefficient (Wildman–Crippen LogP) is -1.84. The molecule has 0 unspecified atom stereocenters. The van der Waals surface area contributed by atoms with E-state index in [9.17, 15) is 8.42 Å². The Morgan fingerprint density at radius 1 is 1.46 bits per heavy atom. The minimum absolute atomic E-state index is 0.106. The molecule has 0 saturated heterocycles. The van der Waals surface area contributed by atoms with Gasteiger partial charge in [0, 0.05) is 17.9 Å². The van der Waals surface area contributed by atoms with Gasteiger partial charge in [-0.3, -0.25) is 0 Å². The van der Waals surface area contributed by atoms with Crippen molar-refractivity contribution in [3.8, 4) is 0 Å². The predicted molar refractivity (Wildman–Crippen MR) is 47.2 cm³/mol. The van der Waals surface area contributed by atoms with E-state index in [0.29, 0.717) is 0 Å². The number of nitrogens with zero attached hydrogens (tertiary/aromatic N) is 1. The Morgan fingerprint density at radius 2 is 2.08 bits per heavy atom. The van der Waals surface area contributed by atoms with Crippen LogP contribution in [0.5, 0.6) is 0 Å². The molecule has 70 valence electrons. The molecule has 0 aliphatic rings. The van der Waals surface area contributed by atoms with Crippen LogP contribution in [0, 0.1) is 0 Å². The van der Waals surface area contributed by atoms with E-state index in [0.717, 1.165) is 6.26 Å². The number of hydrogen-bond donors (Lipinski definition) is 2. The van der Waals surface area contributed by atoms with Gasteiger partial charge in [-0.05, 0) is 6.07 Å². The van der Waals surface area contributed by atoms with Crippen LogP contribution in [0.25, 0.3) is 0 Å². The maximum atomic E-state index is 11.1. The lowest BCUT2D eigenvalue weighted by Crippen LogP contribution is -2.34. The van der Waals surface area contributed by atoms with Crippen molar-refractivity contribution in [2.45, 2.75) is 5.03 Å². The fourth-order valence-electron chi connectivity index (χ4n) is 0.910. The summed E-state index contributed by atoms with van der Waals surface area (Å²) in [6.45, 7) is 0. The fourth-order valence-corrected chi connectivity index (χ4v) is 1.76. The first-order chi connectivity index (χ1) is 5.93. The van der Waals surface area contributed by atoms with E-state index < -0.39 is 17.0 Å². The molecule has 0 aliphatic heterocycles. The number of pyridine rings is 1. The van der Waals surface area contributed by atoms with Crippen molar-refractivity contribution < 1.29 is 18.5 Å². The van der Waals surface area contributed by atoms with E-state index in [2.05, 4.69) is 4.98 Å². The summed E-state index contributed by atoms with van der Waals surface area (Å²) in [5.41, 5.74) is -0.106. The first-order valence-electron chi connectivity index (χ1n) is 3.44. The maximum Gasteiger partial charge on any atom is 0.491 e. The van der Waals surface area contributed by atoms with Gasteiger partial charge in [0.2, 0.25) is 0 Å². The summed E-state index contributed by atoms with van der Waals surface area (Å²) in [4.78, 5) is 3.56. The second-order valence-corrected chi connectivity index (χ2v) is 4.47. The molecule has 1 aromatic heterocycles. The van der Waals surface area contributed by atoms with Crippen molar-refractivity contribution in [3.05, 3.63) is 18.3 Å². The van der Waals surface area contributed by atoms with Crippen molar-refractivity contribution >= 4 is 22.4 Å². The second kappa shape index (κ2) is 3.45. The van der Waals surface area contributed by atoms with Gasteiger partial charge in [-0.2, -0.15) is 0 Å². The molecule has 0 radical (unpaired) electrons. The van der Waals surface area contributed by atoms with Crippen molar-refractivity contribution in [1.29, 1.82) is 0 Å². The molecule has 0 aromatic carbocycles. The smallest absolute Gasteiger partial charge is 0.423 e. The number of rotatable bonds is 2. The summed E-state index contributed by atoms with van der Waals surface area (Å²) in [5.74, 6) is 0. The summed E-state index contributed by atoms with van der Waals surface area (Å²) >= 11 is 0. The summed E-state index contributed by atoms with van der Waals surface area (Å²) < 4.78 is 22.1. The van der Waals surface area contributed by atoms with E-state index in [-0.39, 0.29) is 10.5 Å². The van der Waals surface area contributed by atoms with Gasteiger partial charge in [0.25, 0.3) is 0 Å². The minimum Gasteiger partial charge on any atom is -0.423 e. The lowest BCUT2D eigenvalue weighted by atomic mass is 9.82.